The molecule has 1 fully saturated rings. The number of nitrogens with one attached hydrogen (secondary N) is 2. The first-order valence-corrected chi connectivity index (χ1v) is 8.19. The van der Waals surface area contributed by atoms with Crippen molar-refractivity contribution < 1.29 is 14.4 Å². The van der Waals surface area contributed by atoms with Crippen LogP contribution in [0.15, 0.2) is 48.5 Å². The Morgan fingerprint density at radius 2 is 1.35 bits per heavy atom. The van der Waals surface area contributed by atoms with Crippen LogP contribution in [-0.2, 0) is 9.59 Å². The van der Waals surface area contributed by atoms with Gasteiger partial charge in [-0.3, -0.25) is 14.4 Å². The number of benzene rings is 2. The summed E-state index contributed by atoms with van der Waals surface area (Å²) in [6, 6.07) is 15.0. The maximum atomic E-state index is 12.6. The van der Waals surface area contributed by atoms with Crippen LogP contribution in [0.4, 0.5) is 11.4 Å². The number of nitrogens with zero attached hydrogens (tertiary/aromatic N) is 1. The zero-order valence-corrected chi connectivity index (χ0v) is 14.2. The Kier molecular flexibility index (Phi) is 4.55. The molecule has 0 unspecified atom stereocenters. The van der Waals surface area contributed by atoms with Gasteiger partial charge in [0.15, 0.2) is 5.78 Å². The van der Waals surface area contributed by atoms with Gasteiger partial charge >= 0.3 is 0 Å². The largest absolute Gasteiger partial charge is 0.325 e. The van der Waals surface area contributed by atoms with E-state index < -0.39 is 5.41 Å². The van der Waals surface area contributed by atoms with Gasteiger partial charge in [0, 0.05) is 16.9 Å². The number of carbonyl (C=O) groups excluding carboxylic acids is 3. The number of ketones is 1. The molecule has 0 spiro atoms. The summed E-state index contributed by atoms with van der Waals surface area (Å²) in [5.74, 6) is -0.775. The number of Topliss-reactive ketones (excluding diaryl/α,β-unsaturated/α-hetero) is 1. The second-order valence-electron chi connectivity index (χ2n) is 6.31. The number of amides is 2. The zero-order valence-electron chi connectivity index (χ0n) is 14.2. The van der Waals surface area contributed by atoms with E-state index in [1.54, 1.807) is 48.5 Å². The molecule has 1 aliphatic rings. The average molecular weight is 347 g/mol. The molecule has 6 nitrogen and oxygen atoms in total. The van der Waals surface area contributed by atoms with E-state index in [1.165, 1.54) is 6.92 Å². The summed E-state index contributed by atoms with van der Waals surface area (Å²) in [5.41, 5.74) is 1.06. The third-order valence-corrected chi connectivity index (χ3v) is 4.44. The van der Waals surface area contributed by atoms with Crippen molar-refractivity contribution in [3.05, 3.63) is 59.7 Å². The van der Waals surface area contributed by atoms with Gasteiger partial charge in [-0.15, -0.1) is 0 Å². The van der Waals surface area contributed by atoms with E-state index in [4.69, 9.17) is 5.26 Å². The first-order valence-electron chi connectivity index (χ1n) is 8.19. The van der Waals surface area contributed by atoms with Crippen LogP contribution in [0.25, 0.3) is 0 Å². The Balaban J connectivity index is 1.67. The first-order chi connectivity index (χ1) is 12.4. The smallest absolute Gasteiger partial charge is 0.240 e. The summed E-state index contributed by atoms with van der Waals surface area (Å²) in [5, 5.41) is 14.3. The van der Waals surface area contributed by atoms with Gasteiger partial charge in [0.05, 0.1) is 11.6 Å². The number of nitriles is 1. The zero-order chi connectivity index (χ0) is 18.7. The Morgan fingerprint density at radius 3 is 1.73 bits per heavy atom. The highest BCUT2D eigenvalue weighted by atomic mass is 16.2. The highest BCUT2D eigenvalue weighted by Crippen LogP contribution is 2.47. The molecular formula is C20H17N3O3. The molecule has 0 aliphatic heterocycles. The second kappa shape index (κ2) is 6.81. The molecule has 1 aliphatic carbocycles. The lowest BCUT2D eigenvalue weighted by atomic mass is 10.0. The van der Waals surface area contributed by atoms with Crippen LogP contribution in [-0.4, -0.2) is 17.6 Å². The van der Waals surface area contributed by atoms with E-state index in [-0.39, 0.29) is 17.6 Å². The van der Waals surface area contributed by atoms with E-state index in [0.717, 1.165) is 0 Å². The minimum absolute atomic E-state index is 0.0525. The Hall–Kier alpha value is -3.46. The molecule has 0 aromatic heterocycles. The van der Waals surface area contributed by atoms with Gasteiger partial charge in [-0.25, -0.2) is 0 Å². The van der Waals surface area contributed by atoms with Gasteiger partial charge in [-0.2, -0.15) is 5.26 Å². The first kappa shape index (κ1) is 17.4. The monoisotopic (exact) mass is 347 g/mol. The topological polar surface area (TPSA) is 99.1 Å². The highest BCUT2D eigenvalue weighted by Gasteiger charge is 2.56. The number of hydrogen-bond acceptors (Lipinski definition) is 4. The lowest BCUT2D eigenvalue weighted by molar-refractivity contribution is -0.131. The summed E-state index contributed by atoms with van der Waals surface area (Å²) in [6.45, 7) is 1.47. The molecule has 6 heteroatoms. The lowest BCUT2D eigenvalue weighted by Gasteiger charge is -2.15. The van der Waals surface area contributed by atoms with Gasteiger partial charge in [0.1, 0.15) is 5.41 Å². The number of carbonyl (C=O) groups is 3. The molecule has 2 aromatic carbocycles. The van der Waals surface area contributed by atoms with Crippen molar-refractivity contribution >= 4 is 29.0 Å². The maximum absolute atomic E-state index is 12.6. The minimum Gasteiger partial charge on any atom is -0.325 e. The summed E-state index contributed by atoms with van der Waals surface area (Å²) >= 11 is 0. The van der Waals surface area contributed by atoms with Crippen molar-refractivity contribution in [2.75, 3.05) is 10.6 Å². The van der Waals surface area contributed by atoms with Gasteiger partial charge in [-0.1, -0.05) is 0 Å². The molecule has 0 atom stereocenters. The molecule has 2 aromatic rings. The van der Waals surface area contributed by atoms with E-state index in [0.29, 0.717) is 35.3 Å². The van der Waals surface area contributed by atoms with Crippen LogP contribution in [0.5, 0.6) is 0 Å². The third kappa shape index (κ3) is 3.47. The normalized spacial score (nSPS) is 14.0. The second-order valence-corrected chi connectivity index (χ2v) is 6.31. The predicted molar refractivity (Wildman–Crippen MR) is 96.5 cm³/mol. The molecule has 130 valence electrons. The van der Waals surface area contributed by atoms with Crippen molar-refractivity contribution in [3.8, 4) is 6.07 Å². The molecule has 26 heavy (non-hydrogen) atoms. The van der Waals surface area contributed by atoms with Crippen LogP contribution in [0.2, 0.25) is 0 Å². The van der Waals surface area contributed by atoms with Gasteiger partial charge in [0.2, 0.25) is 11.8 Å². The molecular weight excluding hydrogens is 330 g/mol. The Morgan fingerprint density at radius 1 is 0.885 bits per heavy atom. The molecule has 1 saturated carbocycles. The van der Waals surface area contributed by atoms with Crippen LogP contribution < -0.4 is 10.6 Å². The van der Waals surface area contributed by atoms with Crippen molar-refractivity contribution in [1.29, 1.82) is 5.26 Å². The molecule has 0 saturated heterocycles. The van der Waals surface area contributed by atoms with E-state index >= 15 is 0 Å². The van der Waals surface area contributed by atoms with Crippen LogP contribution in [0, 0.1) is 16.7 Å². The van der Waals surface area contributed by atoms with Crippen molar-refractivity contribution in [1.82, 2.24) is 0 Å². The molecule has 0 radical (unpaired) electrons. The quantitative estimate of drug-likeness (QED) is 0.641. The van der Waals surface area contributed by atoms with Crippen molar-refractivity contribution in [2.24, 2.45) is 5.41 Å². The lowest BCUT2D eigenvalue weighted by Crippen LogP contribution is -2.35. The van der Waals surface area contributed by atoms with Crippen molar-refractivity contribution in [3.63, 3.8) is 0 Å². The fourth-order valence-electron chi connectivity index (χ4n) is 2.60. The summed E-state index contributed by atoms with van der Waals surface area (Å²) in [6.07, 6.45) is 0.957. The Bertz CT molecular complexity index is 905. The van der Waals surface area contributed by atoms with E-state index in [2.05, 4.69) is 10.6 Å². The SMILES string of the molecule is CC(=O)c1ccc(NC(=O)C2(C(=O)Nc3ccc(C#N)cc3)CC2)cc1. The standard InChI is InChI=1S/C20H17N3O3/c1-13(24)15-4-8-17(9-5-15)23-19(26)20(10-11-20)18(25)22-16-6-2-14(12-21)3-7-16/h2-9H,10-11H2,1H3,(H,22,25)(H,23,26). The molecule has 2 N–H and O–H groups in total. The van der Waals surface area contributed by atoms with E-state index in [1.807, 2.05) is 6.07 Å². The molecule has 0 heterocycles. The predicted octanol–water partition coefficient (Wildman–Crippen LogP) is 3.12. The average Bonchev–Trinajstić information content (AvgIpc) is 3.45. The van der Waals surface area contributed by atoms with Crippen molar-refractivity contribution in [2.45, 2.75) is 19.8 Å². The maximum Gasteiger partial charge on any atom is 0.240 e. The Labute approximate surface area is 150 Å². The highest BCUT2D eigenvalue weighted by molar-refractivity contribution is 6.17. The molecule has 2 amide bonds. The number of rotatable bonds is 5. The summed E-state index contributed by atoms with van der Waals surface area (Å²) in [4.78, 5) is 36.4. The fraction of sp³-hybridized carbons (Fsp3) is 0.200. The van der Waals surface area contributed by atoms with Crippen LogP contribution in [0.3, 0.4) is 0 Å². The van der Waals surface area contributed by atoms with Gasteiger partial charge in [0.25, 0.3) is 0 Å². The summed E-state index contributed by atoms with van der Waals surface area (Å²) in [7, 11) is 0. The van der Waals surface area contributed by atoms with Gasteiger partial charge < -0.3 is 10.6 Å². The van der Waals surface area contributed by atoms with Crippen LogP contribution >= 0.6 is 0 Å². The van der Waals surface area contributed by atoms with Gasteiger partial charge in [-0.05, 0) is 68.3 Å². The van der Waals surface area contributed by atoms with E-state index in [9.17, 15) is 14.4 Å². The molecule has 3 rings (SSSR count). The number of hydrogen-bond donors (Lipinski definition) is 2. The minimum atomic E-state index is -1.08. The third-order valence-electron chi connectivity index (χ3n) is 4.44. The van der Waals surface area contributed by atoms with Crippen LogP contribution in [0.1, 0.15) is 35.7 Å². The number of anilines is 2. The summed E-state index contributed by atoms with van der Waals surface area (Å²) < 4.78 is 0. The fourth-order valence-corrected chi connectivity index (χ4v) is 2.60. The molecule has 0 bridgehead atoms.